The van der Waals surface area contributed by atoms with E-state index in [2.05, 4.69) is 20.6 Å². The SMILES string of the molecule is CN=C(NCCOc1ncc(C(F)(F)F)cc1Cl)NCc1cccc(OC)c1. The molecule has 1 aromatic heterocycles. The van der Waals surface area contributed by atoms with Crippen molar-refractivity contribution in [3.8, 4) is 11.6 Å². The van der Waals surface area contributed by atoms with Crippen LogP contribution in [0.2, 0.25) is 5.02 Å². The van der Waals surface area contributed by atoms with Crippen molar-refractivity contribution in [3.63, 3.8) is 0 Å². The molecule has 6 nitrogen and oxygen atoms in total. The molecule has 2 rings (SSSR count). The van der Waals surface area contributed by atoms with Gasteiger partial charge in [0.05, 0.1) is 19.2 Å². The first-order chi connectivity index (χ1) is 13.3. The van der Waals surface area contributed by atoms with Gasteiger partial charge in [-0.05, 0) is 23.8 Å². The Balaban J connectivity index is 1.78. The summed E-state index contributed by atoms with van der Waals surface area (Å²) in [6, 6.07) is 8.38. The molecule has 0 atom stereocenters. The maximum atomic E-state index is 12.6. The molecule has 0 radical (unpaired) electrons. The Hall–Kier alpha value is -2.68. The number of aromatic nitrogens is 1. The zero-order chi connectivity index (χ0) is 20.6. The van der Waals surface area contributed by atoms with Crippen LogP contribution in [0.3, 0.4) is 0 Å². The van der Waals surface area contributed by atoms with Crippen LogP contribution in [-0.4, -0.2) is 38.3 Å². The third-order valence-electron chi connectivity index (χ3n) is 3.59. The molecule has 1 heterocycles. The van der Waals surface area contributed by atoms with Gasteiger partial charge in [-0.25, -0.2) is 4.98 Å². The quantitative estimate of drug-likeness (QED) is 0.411. The van der Waals surface area contributed by atoms with Crippen LogP contribution in [0, 0.1) is 0 Å². The largest absolute Gasteiger partial charge is 0.497 e. The molecule has 0 spiro atoms. The first kappa shape index (κ1) is 21.6. The maximum Gasteiger partial charge on any atom is 0.417 e. The van der Waals surface area contributed by atoms with E-state index in [1.165, 1.54) is 0 Å². The molecule has 10 heteroatoms. The van der Waals surface area contributed by atoms with Gasteiger partial charge in [-0.2, -0.15) is 13.2 Å². The van der Waals surface area contributed by atoms with Gasteiger partial charge in [0.2, 0.25) is 5.88 Å². The number of aliphatic imine (C=N–C) groups is 1. The number of nitrogens with one attached hydrogen (secondary N) is 2. The van der Waals surface area contributed by atoms with E-state index in [-0.39, 0.29) is 17.5 Å². The fourth-order valence-electron chi connectivity index (χ4n) is 2.19. The normalized spacial score (nSPS) is 11.9. The Morgan fingerprint density at radius 2 is 2.04 bits per heavy atom. The van der Waals surface area contributed by atoms with Crippen LogP contribution in [0.1, 0.15) is 11.1 Å². The smallest absolute Gasteiger partial charge is 0.417 e. The van der Waals surface area contributed by atoms with Gasteiger partial charge in [0, 0.05) is 19.8 Å². The summed E-state index contributed by atoms with van der Waals surface area (Å²) in [5, 5.41) is 5.96. The lowest BCUT2D eigenvalue weighted by Crippen LogP contribution is -2.38. The van der Waals surface area contributed by atoms with Gasteiger partial charge in [-0.15, -0.1) is 0 Å². The average Bonchev–Trinajstić information content (AvgIpc) is 2.67. The van der Waals surface area contributed by atoms with Gasteiger partial charge < -0.3 is 20.1 Å². The minimum Gasteiger partial charge on any atom is -0.497 e. The van der Waals surface area contributed by atoms with Crippen molar-refractivity contribution in [2.45, 2.75) is 12.7 Å². The number of halogens is 4. The van der Waals surface area contributed by atoms with E-state index in [1.54, 1.807) is 14.2 Å². The molecule has 0 aliphatic heterocycles. The lowest BCUT2D eigenvalue weighted by molar-refractivity contribution is -0.137. The lowest BCUT2D eigenvalue weighted by atomic mass is 10.2. The summed E-state index contributed by atoms with van der Waals surface area (Å²) < 4.78 is 48.3. The Morgan fingerprint density at radius 1 is 1.25 bits per heavy atom. The van der Waals surface area contributed by atoms with Gasteiger partial charge in [-0.1, -0.05) is 23.7 Å². The molecule has 0 unspecified atom stereocenters. The van der Waals surface area contributed by atoms with Crippen LogP contribution in [0.4, 0.5) is 13.2 Å². The number of nitrogens with zero attached hydrogens (tertiary/aromatic N) is 2. The lowest BCUT2D eigenvalue weighted by Gasteiger charge is -2.13. The monoisotopic (exact) mass is 416 g/mol. The molecule has 0 aliphatic rings. The van der Waals surface area contributed by atoms with Gasteiger partial charge >= 0.3 is 6.18 Å². The first-order valence-electron chi connectivity index (χ1n) is 8.26. The second kappa shape index (κ2) is 10.0. The predicted octanol–water partition coefficient (Wildman–Crippen LogP) is 3.51. The summed E-state index contributed by atoms with van der Waals surface area (Å²) in [4.78, 5) is 7.70. The number of guanidine groups is 1. The molecule has 2 aromatic rings. The molecular formula is C18H20ClF3N4O2. The predicted molar refractivity (Wildman–Crippen MR) is 101 cm³/mol. The number of rotatable bonds is 7. The molecule has 0 saturated heterocycles. The summed E-state index contributed by atoms with van der Waals surface area (Å²) in [6.07, 6.45) is -3.82. The second-order valence-corrected chi connectivity index (χ2v) is 5.97. The molecule has 1 aromatic carbocycles. The van der Waals surface area contributed by atoms with Gasteiger partial charge in [0.15, 0.2) is 5.96 Å². The Morgan fingerprint density at radius 3 is 2.68 bits per heavy atom. The highest BCUT2D eigenvalue weighted by atomic mass is 35.5. The number of methoxy groups -OCH3 is 1. The van der Waals surface area contributed by atoms with Crippen LogP contribution in [-0.2, 0) is 12.7 Å². The van der Waals surface area contributed by atoms with Crippen LogP contribution < -0.4 is 20.1 Å². The van der Waals surface area contributed by atoms with Gasteiger partial charge in [0.1, 0.15) is 17.4 Å². The summed E-state index contributed by atoms with van der Waals surface area (Å²) in [5.74, 6) is 1.24. The van der Waals surface area contributed by atoms with E-state index in [0.29, 0.717) is 25.2 Å². The summed E-state index contributed by atoms with van der Waals surface area (Å²) >= 11 is 5.79. The molecule has 0 aliphatic carbocycles. The van der Waals surface area contributed by atoms with Crippen LogP contribution in [0.25, 0.3) is 0 Å². The Kier molecular flexibility index (Phi) is 7.74. The number of hydrogen-bond acceptors (Lipinski definition) is 4. The van der Waals surface area contributed by atoms with Crippen LogP contribution in [0.15, 0.2) is 41.5 Å². The molecule has 0 amide bonds. The molecule has 152 valence electrons. The molecule has 28 heavy (non-hydrogen) atoms. The zero-order valence-electron chi connectivity index (χ0n) is 15.3. The molecule has 0 bridgehead atoms. The van der Waals surface area contributed by atoms with Crippen molar-refractivity contribution < 1.29 is 22.6 Å². The van der Waals surface area contributed by atoms with Crippen molar-refractivity contribution in [1.29, 1.82) is 0 Å². The summed E-state index contributed by atoms with van der Waals surface area (Å²) in [5.41, 5.74) is 0.0874. The Labute approximate surface area is 165 Å². The minimum absolute atomic E-state index is 0.0595. The molecular weight excluding hydrogens is 397 g/mol. The first-order valence-corrected chi connectivity index (χ1v) is 8.64. The zero-order valence-corrected chi connectivity index (χ0v) is 16.1. The van der Waals surface area contributed by atoms with Crippen molar-refractivity contribution in [2.24, 2.45) is 4.99 Å². The van der Waals surface area contributed by atoms with E-state index in [9.17, 15) is 13.2 Å². The van der Waals surface area contributed by atoms with Crippen molar-refractivity contribution in [2.75, 3.05) is 27.3 Å². The fourth-order valence-corrected chi connectivity index (χ4v) is 2.41. The highest BCUT2D eigenvalue weighted by molar-refractivity contribution is 6.31. The summed E-state index contributed by atoms with van der Waals surface area (Å²) in [7, 11) is 3.22. The minimum atomic E-state index is -4.50. The third-order valence-corrected chi connectivity index (χ3v) is 3.86. The molecule has 0 saturated carbocycles. The van der Waals surface area contributed by atoms with E-state index >= 15 is 0 Å². The standard InChI is InChI=1S/C18H20ClF3N4O2/c1-23-17(26-10-12-4-3-5-14(8-12)27-2)24-6-7-28-16-15(19)9-13(11-25-16)18(20,21)22/h3-5,8-9,11H,6-7,10H2,1-2H3,(H2,23,24,26). The van der Waals surface area contributed by atoms with Gasteiger partial charge in [0.25, 0.3) is 0 Å². The number of alkyl halides is 3. The van der Waals surface area contributed by atoms with E-state index in [4.69, 9.17) is 21.1 Å². The Bertz CT molecular complexity index is 816. The number of hydrogen-bond donors (Lipinski definition) is 2. The van der Waals surface area contributed by atoms with Crippen molar-refractivity contribution in [3.05, 3.63) is 52.7 Å². The average molecular weight is 417 g/mol. The van der Waals surface area contributed by atoms with E-state index in [1.807, 2.05) is 24.3 Å². The second-order valence-electron chi connectivity index (χ2n) is 5.56. The number of ether oxygens (including phenoxy) is 2. The molecule has 0 fully saturated rings. The summed E-state index contributed by atoms with van der Waals surface area (Å²) in [6.45, 7) is 1.01. The highest BCUT2D eigenvalue weighted by Crippen LogP contribution is 2.32. The van der Waals surface area contributed by atoms with Crippen molar-refractivity contribution in [1.82, 2.24) is 15.6 Å². The number of benzene rings is 1. The van der Waals surface area contributed by atoms with Crippen LogP contribution in [0.5, 0.6) is 11.6 Å². The topological polar surface area (TPSA) is 67.8 Å². The highest BCUT2D eigenvalue weighted by Gasteiger charge is 2.31. The van der Waals surface area contributed by atoms with Crippen LogP contribution >= 0.6 is 11.6 Å². The van der Waals surface area contributed by atoms with Gasteiger partial charge in [-0.3, -0.25) is 4.99 Å². The van der Waals surface area contributed by atoms with E-state index < -0.39 is 11.7 Å². The van der Waals surface area contributed by atoms with Crippen molar-refractivity contribution >= 4 is 17.6 Å². The number of pyridine rings is 1. The van der Waals surface area contributed by atoms with E-state index in [0.717, 1.165) is 17.4 Å². The third kappa shape index (κ3) is 6.49. The fraction of sp³-hybridized carbons (Fsp3) is 0.333. The molecule has 2 N–H and O–H groups in total. The maximum absolute atomic E-state index is 12.6.